The lowest BCUT2D eigenvalue weighted by atomic mass is 9.95. The van der Waals surface area contributed by atoms with Crippen molar-refractivity contribution < 1.29 is 14.3 Å². The molecule has 8 heteroatoms. The van der Waals surface area contributed by atoms with E-state index < -0.39 is 11.9 Å². The number of halogens is 1. The largest absolute Gasteiger partial charge is 0.465 e. The minimum Gasteiger partial charge on any atom is -0.465 e. The normalized spacial score (nSPS) is 13.5. The minimum atomic E-state index is -0.442. The summed E-state index contributed by atoms with van der Waals surface area (Å²) in [7, 11) is 1.35. The zero-order valence-corrected chi connectivity index (χ0v) is 15.6. The molecule has 1 N–H and O–H groups in total. The van der Waals surface area contributed by atoms with E-state index in [0.717, 1.165) is 36.1 Å². The first-order valence-corrected chi connectivity index (χ1v) is 9.46. The number of rotatable bonds is 3. The number of carbonyl (C=O) groups is 2. The molecule has 6 nitrogen and oxygen atoms in total. The van der Waals surface area contributed by atoms with E-state index in [1.54, 1.807) is 22.8 Å². The van der Waals surface area contributed by atoms with Gasteiger partial charge in [0.25, 0.3) is 5.91 Å². The first-order chi connectivity index (χ1) is 12.6. The Balaban J connectivity index is 1.72. The maximum absolute atomic E-state index is 12.8. The van der Waals surface area contributed by atoms with Crippen molar-refractivity contribution in [3.8, 4) is 0 Å². The van der Waals surface area contributed by atoms with Crippen LogP contribution < -0.4 is 5.32 Å². The summed E-state index contributed by atoms with van der Waals surface area (Å²) in [6.45, 7) is 0. The number of nitrogens with one attached hydrogen (secondary N) is 1. The molecular weight excluding hydrogens is 374 g/mol. The van der Waals surface area contributed by atoms with E-state index in [0.29, 0.717) is 16.1 Å². The molecule has 0 saturated heterocycles. The van der Waals surface area contributed by atoms with Gasteiger partial charge in [0.15, 0.2) is 5.69 Å². The SMILES string of the molecule is COC(=O)c1c(NC(=O)c2nn3ccccc3c2Cl)sc2c1CCCC2. The number of thiophene rings is 1. The van der Waals surface area contributed by atoms with Crippen molar-refractivity contribution in [1.82, 2.24) is 9.61 Å². The second kappa shape index (κ2) is 6.74. The Morgan fingerprint density at radius 1 is 1.31 bits per heavy atom. The summed E-state index contributed by atoms with van der Waals surface area (Å²) < 4.78 is 6.48. The number of pyridine rings is 1. The van der Waals surface area contributed by atoms with Crippen molar-refractivity contribution in [1.29, 1.82) is 0 Å². The molecule has 0 spiro atoms. The van der Waals surface area contributed by atoms with Gasteiger partial charge in [-0.3, -0.25) is 4.79 Å². The highest BCUT2D eigenvalue weighted by molar-refractivity contribution is 7.17. The van der Waals surface area contributed by atoms with Gasteiger partial charge in [0, 0.05) is 11.1 Å². The summed E-state index contributed by atoms with van der Waals surface area (Å²) >= 11 is 7.75. The molecule has 0 saturated carbocycles. The molecule has 4 rings (SSSR count). The van der Waals surface area contributed by atoms with Crippen LogP contribution in [-0.4, -0.2) is 28.6 Å². The van der Waals surface area contributed by atoms with Crippen molar-refractivity contribution in [2.45, 2.75) is 25.7 Å². The average Bonchev–Trinajstić information content (AvgIpc) is 3.19. The van der Waals surface area contributed by atoms with E-state index in [1.807, 2.05) is 6.07 Å². The molecule has 1 aliphatic rings. The van der Waals surface area contributed by atoms with Crippen LogP contribution in [0.1, 0.15) is 44.1 Å². The van der Waals surface area contributed by atoms with Crippen LogP contribution in [0, 0.1) is 0 Å². The molecule has 3 aromatic heterocycles. The van der Waals surface area contributed by atoms with Crippen LogP contribution >= 0.6 is 22.9 Å². The van der Waals surface area contributed by atoms with Crippen LogP contribution in [0.5, 0.6) is 0 Å². The fraction of sp³-hybridized carbons (Fsp3) is 0.278. The van der Waals surface area contributed by atoms with Crippen LogP contribution in [0.15, 0.2) is 24.4 Å². The van der Waals surface area contributed by atoms with Gasteiger partial charge in [-0.1, -0.05) is 17.7 Å². The van der Waals surface area contributed by atoms with Gasteiger partial charge in [0.1, 0.15) is 5.00 Å². The van der Waals surface area contributed by atoms with Crippen molar-refractivity contribution in [3.63, 3.8) is 0 Å². The lowest BCUT2D eigenvalue weighted by Crippen LogP contribution is -2.16. The highest BCUT2D eigenvalue weighted by Gasteiger charge is 2.28. The molecule has 0 aromatic carbocycles. The summed E-state index contributed by atoms with van der Waals surface area (Å²) in [4.78, 5) is 26.2. The number of amides is 1. The third kappa shape index (κ3) is 2.77. The Kier molecular flexibility index (Phi) is 4.42. The maximum Gasteiger partial charge on any atom is 0.341 e. The quantitative estimate of drug-likeness (QED) is 0.688. The van der Waals surface area contributed by atoms with E-state index in [2.05, 4.69) is 10.4 Å². The summed E-state index contributed by atoms with van der Waals surface area (Å²) in [6, 6.07) is 5.42. The summed E-state index contributed by atoms with van der Waals surface area (Å²) in [5.74, 6) is -0.872. The average molecular weight is 390 g/mol. The third-order valence-corrected chi connectivity index (χ3v) is 6.06. The monoisotopic (exact) mass is 389 g/mol. The minimum absolute atomic E-state index is 0.125. The fourth-order valence-electron chi connectivity index (χ4n) is 3.25. The molecule has 0 atom stereocenters. The first kappa shape index (κ1) is 17.1. The molecule has 3 aromatic rings. The van der Waals surface area contributed by atoms with Gasteiger partial charge < -0.3 is 10.1 Å². The predicted molar refractivity (Wildman–Crippen MR) is 100 cm³/mol. The molecule has 0 radical (unpaired) electrons. The van der Waals surface area contributed by atoms with Crippen molar-refractivity contribution >= 4 is 45.3 Å². The van der Waals surface area contributed by atoms with Gasteiger partial charge in [-0.2, -0.15) is 5.10 Å². The predicted octanol–water partition coefficient (Wildman–Crippen LogP) is 3.97. The highest BCUT2D eigenvalue weighted by Crippen LogP contribution is 2.39. The molecule has 0 unspecified atom stereocenters. The molecular formula is C18H16ClN3O3S. The van der Waals surface area contributed by atoms with Gasteiger partial charge in [-0.05, 0) is 43.4 Å². The number of esters is 1. The summed E-state index contributed by atoms with van der Waals surface area (Å²) in [5, 5.41) is 7.85. The van der Waals surface area contributed by atoms with Gasteiger partial charge >= 0.3 is 5.97 Å². The van der Waals surface area contributed by atoms with Crippen LogP contribution in [0.2, 0.25) is 5.02 Å². The van der Waals surface area contributed by atoms with Crippen LogP contribution in [0.3, 0.4) is 0 Å². The number of fused-ring (bicyclic) bond motifs is 2. The number of hydrogen-bond acceptors (Lipinski definition) is 5. The topological polar surface area (TPSA) is 72.7 Å². The van der Waals surface area contributed by atoms with Crippen LogP contribution in [-0.2, 0) is 17.6 Å². The summed E-state index contributed by atoms with van der Waals surface area (Å²) in [6.07, 6.45) is 5.57. The number of anilines is 1. The van der Waals surface area contributed by atoms with Gasteiger partial charge in [0.05, 0.1) is 23.2 Å². The Morgan fingerprint density at radius 2 is 2.12 bits per heavy atom. The maximum atomic E-state index is 12.8. The van der Waals surface area contributed by atoms with Crippen LogP contribution in [0.4, 0.5) is 5.00 Å². The number of aryl methyl sites for hydroxylation is 1. The lowest BCUT2D eigenvalue weighted by molar-refractivity contribution is 0.0601. The molecule has 26 heavy (non-hydrogen) atoms. The smallest absolute Gasteiger partial charge is 0.341 e. The van der Waals surface area contributed by atoms with Gasteiger partial charge in [-0.25, -0.2) is 9.31 Å². The fourth-order valence-corrected chi connectivity index (χ4v) is 4.79. The number of ether oxygens (including phenoxy) is 1. The molecule has 0 bridgehead atoms. The number of hydrogen-bond donors (Lipinski definition) is 1. The third-order valence-electron chi connectivity index (χ3n) is 4.48. The lowest BCUT2D eigenvalue weighted by Gasteiger charge is -2.11. The van der Waals surface area contributed by atoms with Crippen LogP contribution in [0.25, 0.3) is 5.52 Å². The Labute approximate surface area is 158 Å². The van der Waals surface area contributed by atoms with Gasteiger partial charge in [-0.15, -0.1) is 11.3 Å². The Morgan fingerprint density at radius 3 is 2.88 bits per heavy atom. The number of aromatic nitrogens is 2. The molecule has 0 fully saturated rings. The summed E-state index contributed by atoms with van der Waals surface area (Å²) in [5.41, 5.74) is 2.22. The zero-order chi connectivity index (χ0) is 18.3. The van der Waals surface area contributed by atoms with Crippen molar-refractivity contribution in [3.05, 3.63) is 51.1 Å². The van der Waals surface area contributed by atoms with E-state index in [4.69, 9.17) is 16.3 Å². The molecule has 134 valence electrons. The first-order valence-electron chi connectivity index (χ1n) is 8.27. The van der Waals surface area contributed by atoms with E-state index in [9.17, 15) is 9.59 Å². The second-order valence-corrected chi connectivity index (χ2v) is 7.54. The van der Waals surface area contributed by atoms with E-state index in [1.165, 1.54) is 18.4 Å². The Hall–Kier alpha value is -2.38. The van der Waals surface area contributed by atoms with Crippen molar-refractivity contribution in [2.75, 3.05) is 12.4 Å². The molecule has 1 amide bonds. The number of methoxy groups -OCH3 is 1. The zero-order valence-electron chi connectivity index (χ0n) is 14.0. The second-order valence-electron chi connectivity index (χ2n) is 6.05. The van der Waals surface area contributed by atoms with Gasteiger partial charge in [0.2, 0.25) is 0 Å². The molecule has 1 aliphatic carbocycles. The Bertz CT molecular complexity index is 1020. The van der Waals surface area contributed by atoms with E-state index in [-0.39, 0.29) is 10.7 Å². The standard InChI is InChI=1S/C18H16ClN3O3S/c1-25-18(24)13-10-6-2-3-8-12(10)26-17(13)20-16(23)15-14(19)11-7-4-5-9-22(11)21-15/h4-5,7,9H,2-3,6,8H2,1H3,(H,20,23). The molecule has 0 aliphatic heterocycles. The molecule has 3 heterocycles. The highest BCUT2D eigenvalue weighted by atomic mass is 35.5. The van der Waals surface area contributed by atoms with Crippen molar-refractivity contribution in [2.24, 2.45) is 0 Å². The number of nitrogens with zero attached hydrogens (tertiary/aromatic N) is 2. The number of carbonyl (C=O) groups excluding carboxylic acids is 2. The van der Waals surface area contributed by atoms with E-state index >= 15 is 0 Å².